The van der Waals surface area contributed by atoms with E-state index < -0.39 is 11.6 Å². The van der Waals surface area contributed by atoms with Crippen LogP contribution in [-0.4, -0.2) is 0 Å². The minimum absolute atomic E-state index is 0.256. The van der Waals surface area contributed by atoms with Crippen LogP contribution in [0.25, 0.3) is 0 Å². The molecule has 2 rings (SSSR count). The highest BCUT2D eigenvalue weighted by Crippen LogP contribution is 2.45. The Morgan fingerprint density at radius 3 is 2.53 bits per heavy atom. The second-order valence-corrected chi connectivity index (χ2v) is 4.73. The first kappa shape index (κ1) is 10.9. The molecule has 1 aliphatic carbocycles. The van der Waals surface area contributed by atoms with Crippen molar-refractivity contribution in [3.8, 4) is 0 Å². The summed E-state index contributed by atoms with van der Waals surface area (Å²) in [5.74, 6) is -0.231. The number of benzene rings is 1. The highest BCUT2D eigenvalue weighted by Gasteiger charge is 2.34. The Balaban J connectivity index is 2.20. The number of hydrogen-bond acceptors (Lipinski definition) is 0. The number of rotatable bonds is 3. The highest BCUT2D eigenvalue weighted by atomic mass is 35.5. The summed E-state index contributed by atoms with van der Waals surface area (Å²) in [5, 5.41) is -0.349. The van der Waals surface area contributed by atoms with Crippen molar-refractivity contribution in [2.45, 2.75) is 25.1 Å². The molecule has 0 radical (unpaired) electrons. The fraction of sp³-hybridized carbons (Fsp3) is 0.500. The first-order chi connectivity index (χ1) is 7.09. The van der Waals surface area contributed by atoms with Gasteiger partial charge in [0.25, 0.3) is 0 Å². The summed E-state index contributed by atoms with van der Waals surface area (Å²) in [6, 6.07) is 3.60. The van der Waals surface area contributed by atoms with Gasteiger partial charge in [-0.25, -0.2) is 8.78 Å². The molecule has 0 heterocycles. The first-order valence-corrected chi connectivity index (χ1v) is 5.62. The number of alkyl halides is 1. The van der Waals surface area contributed by atoms with Crippen LogP contribution in [0.1, 0.15) is 30.7 Å². The van der Waals surface area contributed by atoms with Crippen LogP contribution in [0, 0.1) is 23.5 Å². The van der Waals surface area contributed by atoms with Gasteiger partial charge in [0.2, 0.25) is 0 Å². The van der Waals surface area contributed by atoms with E-state index in [1.165, 1.54) is 25.0 Å². The molecule has 15 heavy (non-hydrogen) atoms. The van der Waals surface area contributed by atoms with Crippen LogP contribution in [-0.2, 0) is 0 Å². The summed E-state index contributed by atoms with van der Waals surface area (Å²) >= 11 is 6.19. The fourth-order valence-corrected chi connectivity index (χ4v) is 2.25. The average Bonchev–Trinajstić information content (AvgIpc) is 2.99. The van der Waals surface area contributed by atoms with Gasteiger partial charge in [-0.1, -0.05) is 13.0 Å². The van der Waals surface area contributed by atoms with Gasteiger partial charge >= 0.3 is 0 Å². The molecule has 3 heteroatoms. The van der Waals surface area contributed by atoms with Crippen molar-refractivity contribution in [3.05, 3.63) is 35.4 Å². The maximum Gasteiger partial charge on any atom is 0.130 e. The molecule has 0 spiro atoms. The van der Waals surface area contributed by atoms with Crippen molar-refractivity contribution in [1.82, 2.24) is 0 Å². The SMILES string of the molecule is CC(C1CC1)C(Cl)c1ccc(F)cc1F. The molecule has 1 aromatic rings. The zero-order valence-corrected chi connectivity index (χ0v) is 9.27. The van der Waals surface area contributed by atoms with Gasteiger partial charge < -0.3 is 0 Å². The van der Waals surface area contributed by atoms with E-state index in [0.717, 1.165) is 6.07 Å². The predicted molar refractivity (Wildman–Crippen MR) is 56.8 cm³/mol. The van der Waals surface area contributed by atoms with Crippen LogP contribution in [0.4, 0.5) is 8.78 Å². The summed E-state index contributed by atoms with van der Waals surface area (Å²) in [6.45, 7) is 2.03. The monoisotopic (exact) mass is 230 g/mol. The third kappa shape index (κ3) is 2.31. The molecular formula is C12H13ClF2. The second kappa shape index (κ2) is 4.09. The molecule has 0 saturated heterocycles. The minimum Gasteiger partial charge on any atom is -0.207 e. The van der Waals surface area contributed by atoms with Crippen LogP contribution in [0.15, 0.2) is 18.2 Å². The van der Waals surface area contributed by atoms with Gasteiger partial charge in [-0.15, -0.1) is 11.6 Å². The van der Waals surface area contributed by atoms with Crippen LogP contribution in [0.5, 0.6) is 0 Å². The third-order valence-corrected chi connectivity index (χ3v) is 3.72. The van der Waals surface area contributed by atoms with E-state index in [0.29, 0.717) is 11.5 Å². The topological polar surface area (TPSA) is 0 Å². The molecule has 1 aliphatic rings. The second-order valence-electron chi connectivity index (χ2n) is 4.26. The molecule has 82 valence electrons. The maximum absolute atomic E-state index is 13.4. The quantitative estimate of drug-likeness (QED) is 0.680. The van der Waals surface area contributed by atoms with Gasteiger partial charge in [-0.3, -0.25) is 0 Å². The Morgan fingerprint density at radius 1 is 1.33 bits per heavy atom. The van der Waals surface area contributed by atoms with Gasteiger partial charge in [0.15, 0.2) is 0 Å². The smallest absolute Gasteiger partial charge is 0.130 e. The largest absolute Gasteiger partial charge is 0.207 e. The van der Waals surface area contributed by atoms with Crippen molar-refractivity contribution < 1.29 is 8.78 Å². The molecule has 0 aliphatic heterocycles. The van der Waals surface area contributed by atoms with E-state index in [1.807, 2.05) is 6.92 Å². The Bertz CT molecular complexity index is 361. The van der Waals surface area contributed by atoms with Crippen molar-refractivity contribution in [2.24, 2.45) is 11.8 Å². The van der Waals surface area contributed by atoms with Crippen molar-refractivity contribution in [3.63, 3.8) is 0 Å². The van der Waals surface area contributed by atoms with Gasteiger partial charge in [0.05, 0.1) is 5.38 Å². The molecule has 0 nitrogen and oxygen atoms in total. The lowest BCUT2D eigenvalue weighted by atomic mass is 9.96. The molecule has 0 bridgehead atoms. The summed E-state index contributed by atoms with van der Waals surface area (Å²) < 4.78 is 26.1. The molecule has 2 unspecified atom stereocenters. The van der Waals surface area contributed by atoms with Crippen molar-refractivity contribution in [1.29, 1.82) is 0 Å². The Kier molecular flexibility index (Phi) is 2.96. The fourth-order valence-electron chi connectivity index (χ4n) is 1.87. The first-order valence-electron chi connectivity index (χ1n) is 5.18. The molecule has 0 aromatic heterocycles. The third-order valence-electron chi connectivity index (χ3n) is 3.09. The van der Waals surface area contributed by atoms with E-state index in [9.17, 15) is 8.78 Å². The summed E-state index contributed by atoms with van der Waals surface area (Å²) in [6.07, 6.45) is 2.35. The zero-order chi connectivity index (χ0) is 11.0. The number of hydrogen-bond donors (Lipinski definition) is 0. The Hall–Kier alpha value is -0.630. The predicted octanol–water partition coefficient (Wildman–Crippen LogP) is 4.29. The van der Waals surface area contributed by atoms with Crippen LogP contribution in [0.3, 0.4) is 0 Å². The summed E-state index contributed by atoms with van der Waals surface area (Å²) in [7, 11) is 0. The van der Waals surface area contributed by atoms with Crippen molar-refractivity contribution in [2.75, 3.05) is 0 Å². The Labute approximate surface area is 93.2 Å². The van der Waals surface area contributed by atoms with Crippen LogP contribution < -0.4 is 0 Å². The normalized spacial score (nSPS) is 20.0. The Morgan fingerprint density at radius 2 is 2.00 bits per heavy atom. The van der Waals surface area contributed by atoms with E-state index in [4.69, 9.17) is 11.6 Å². The lowest BCUT2D eigenvalue weighted by Gasteiger charge is -2.18. The van der Waals surface area contributed by atoms with Gasteiger partial charge in [-0.2, -0.15) is 0 Å². The molecule has 2 atom stereocenters. The van der Waals surface area contributed by atoms with Gasteiger partial charge in [0, 0.05) is 11.6 Å². The molecule has 0 amide bonds. The van der Waals surface area contributed by atoms with Crippen LogP contribution in [0.2, 0.25) is 0 Å². The van der Waals surface area contributed by atoms with E-state index >= 15 is 0 Å². The van der Waals surface area contributed by atoms with Gasteiger partial charge in [0.1, 0.15) is 11.6 Å². The lowest BCUT2D eigenvalue weighted by Crippen LogP contribution is -2.08. The standard InChI is InChI=1S/C12H13ClF2/c1-7(8-2-3-8)12(13)10-5-4-9(14)6-11(10)15/h4-8,12H,2-3H2,1H3. The molecule has 0 N–H and O–H groups in total. The van der Waals surface area contributed by atoms with Crippen molar-refractivity contribution >= 4 is 11.6 Å². The van der Waals surface area contributed by atoms with Crippen LogP contribution >= 0.6 is 11.6 Å². The average molecular weight is 231 g/mol. The minimum atomic E-state index is -0.556. The lowest BCUT2D eigenvalue weighted by molar-refractivity contribution is 0.472. The van der Waals surface area contributed by atoms with E-state index in [-0.39, 0.29) is 11.3 Å². The molecule has 1 saturated carbocycles. The summed E-state index contributed by atoms with van der Waals surface area (Å²) in [5.41, 5.74) is 0.414. The van der Waals surface area contributed by atoms with Gasteiger partial charge in [-0.05, 0) is 30.7 Å². The maximum atomic E-state index is 13.4. The molecule has 1 aromatic carbocycles. The van der Waals surface area contributed by atoms with E-state index in [2.05, 4.69) is 0 Å². The number of halogens is 3. The molecule has 1 fully saturated rings. The molecular weight excluding hydrogens is 218 g/mol. The van der Waals surface area contributed by atoms with E-state index in [1.54, 1.807) is 0 Å². The highest BCUT2D eigenvalue weighted by molar-refractivity contribution is 6.21. The zero-order valence-electron chi connectivity index (χ0n) is 8.51. The summed E-state index contributed by atoms with van der Waals surface area (Å²) in [4.78, 5) is 0.